The first-order valence-electron chi connectivity index (χ1n) is 11.1. The number of hydrogen-bond acceptors (Lipinski definition) is 8. The third-order valence-corrected chi connectivity index (χ3v) is 6.28. The van der Waals surface area contributed by atoms with E-state index < -0.39 is 5.97 Å². The number of benzene rings is 2. The minimum absolute atomic E-state index is 0.186. The Balaban J connectivity index is 1.44. The molecular weight excluding hydrogens is 521 g/mol. The van der Waals surface area contributed by atoms with Gasteiger partial charge >= 0.3 is 5.97 Å². The van der Waals surface area contributed by atoms with Gasteiger partial charge in [0.15, 0.2) is 5.15 Å². The van der Waals surface area contributed by atoms with Crippen molar-refractivity contribution >= 4 is 34.9 Å². The van der Waals surface area contributed by atoms with Crippen molar-refractivity contribution in [3.05, 3.63) is 87.0 Å². The number of carboxylic acid groups (broad SMARTS) is 1. The van der Waals surface area contributed by atoms with Gasteiger partial charge in [-0.05, 0) is 30.3 Å². The molecule has 0 unspecified atom stereocenters. The molecule has 11 nitrogen and oxygen atoms in total. The monoisotopic (exact) mass is 541 g/mol. The van der Waals surface area contributed by atoms with E-state index in [0.717, 1.165) is 0 Å². The van der Waals surface area contributed by atoms with Gasteiger partial charge in [-0.2, -0.15) is 0 Å². The fourth-order valence-corrected chi connectivity index (χ4v) is 4.47. The third-order valence-electron chi connectivity index (χ3n) is 5.87. The second-order valence-electron chi connectivity index (χ2n) is 8.23. The first-order valence-corrected chi connectivity index (χ1v) is 11.8. The number of rotatable bonds is 7. The van der Waals surface area contributed by atoms with E-state index >= 15 is 0 Å². The molecule has 2 N–H and O–H groups in total. The number of halogens is 2. The lowest BCUT2D eigenvalue weighted by Crippen LogP contribution is -2.33. The van der Waals surface area contributed by atoms with E-state index in [0.29, 0.717) is 46.6 Å². The highest BCUT2D eigenvalue weighted by molar-refractivity contribution is 6.31. The molecule has 0 bridgehead atoms. The molecule has 190 valence electrons. The Morgan fingerprint density at radius 3 is 2.65 bits per heavy atom. The predicted molar refractivity (Wildman–Crippen MR) is 138 cm³/mol. The Labute approximate surface area is 221 Å². The molecule has 0 saturated carbocycles. The number of hydrogen-bond donors (Lipinski definition) is 2. The summed E-state index contributed by atoms with van der Waals surface area (Å²) in [4.78, 5) is 26.7. The van der Waals surface area contributed by atoms with Crippen LogP contribution >= 0.6 is 23.2 Å². The van der Waals surface area contributed by atoms with E-state index in [1.165, 1.54) is 22.4 Å². The molecule has 2 aromatic heterocycles. The standard InChI is InChI=1S/C24H21Cl2N7O4/c1-37-21-10-31(13-30-12-27-33(14-30)19-5-3-2-4-16(19)24(35)36)23(34)9-18(21)17-8-15(25)6-7-20(17)32-11-22(26)28-29-32/h2-11,27H,12-14H2,1H3,(H,35,36). The zero-order valence-electron chi connectivity index (χ0n) is 19.5. The van der Waals surface area contributed by atoms with Crippen molar-refractivity contribution in [2.24, 2.45) is 0 Å². The molecule has 0 spiro atoms. The van der Waals surface area contributed by atoms with Crippen molar-refractivity contribution in [1.82, 2.24) is 29.9 Å². The minimum Gasteiger partial charge on any atom is -0.495 e. The SMILES string of the molecule is COc1cn(CN2CNN(c3ccccc3C(=O)O)C2)c(=O)cc1-c1cc(Cl)ccc1-n1cc(Cl)nn1. The summed E-state index contributed by atoms with van der Waals surface area (Å²) >= 11 is 12.2. The van der Waals surface area contributed by atoms with Crippen LogP contribution in [0.4, 0.5) is 5.69 Å². The number of carbonyl (C=O) groups is 1. The van der Waals surface area contributed by atoms with E-state index in [-0.39, 0.29) is 22.9 Å². The van der Waals surface area contributed by atoms with Crippen molar-refractivity contribution < 1.29 is 14.6 Å². The predicted octanol–water partition coefficient (Wildman–Crippen LogP) is 3.31. The summed E-state index contributed by atoms with van der Waals surface area (Å²) in [6, 6.07) is 13.4. The van der Waals surface area contributed by atoms with Crippen LogP contribution in [0.15, 0.2) is 65.7 Å². The maximum atomic E-state index is 13.2. The smallest absolute Gasteiger partial charge is 0.337 e. The highest BCUT2D eigenvalue weighted by Crippen LogP contribution is 2.35. The lowest BCUT2D eigenvalue weighted by molar-refractivity contribution is 0.0697. The van der Waals surface area contributed by atoms with Gasteiger partial charge in [-0.1, -0.05) is 40.5 Å². The number of para-hydroxylation sites is 1. The second-order valence-corrected chi connectivity index (χ2v) is 9.05. The summed E-state index contributed by atoms with van der Waals surface area (Å²) in [5.74, 6) is -0.560. The number of aromatic carboxylic acids is 1. The van der Waals surface area contributed by atoms with Gasteiger partial charge in [-0.25, -0.2) is 14.9 Å². The molecule has 1 aliphatic heterocycles. The average Bonchev–Trinajstić information content (AvgIpc) is 3.54. The van der Waals surface area contributed by atoms with Crippen LogP contribution in [0.2, 0.25) is 10.2 Å². The summed E-state index contributed by atoms with van der Waals surface area (Å²) in [5.41, 5.74) is 5.40. The van der Waals surface area contributed by atoms with Gasteiger partial charge in [-0.15, -0.1) is 5.10 Å². The Kier molecular flexibility index (Phi) is 6.85. The summed E-state index contributed by atoms with van der Waals surface area (Å²) in [7, 11) is 1.52. The molecule has 0 amide bonds. The molecule has 3 heterocycles. The molecule has 4 aromatic rings. The molecule has 0 aliphatic carbocycles. The highest BCUT2D eigenvalue weighted by Gasteiger charge is 2.24. The number of aromatic nitrogens is 4. The number of hydrazine groups is 1. The molecular formula is C24H21Cl2N7O4. The molecule has 1 saturated heterocycles. The molecule has 1 fully saturated rings. The summed E-state index contributed by atoms with van der Waals surface area (Å²) in [5, 5.41) is 19.8. The Bertz CT molecular complexity index is 1540. The van der Waals surface area contributed by atoms with Crippen LogP contribution in [0.5, 0.6) is 5.75 Å². The van der Waals surface area contributed by atoms with Gasteiger partial charge in [0.05, 0.1) is 56.4 Å². The van der Waals surface area contributed by atoms with Gasteiger partial charge in [0.25, 0.3) is 5.56 Å². The van der Waals surface area contributed by atoms with E-state index in [2.05, 4.69) is 15.7 Å². The van der Waals surface area contributed by atoms with Crippen LogP contribution in [0.1, 0.15) is 10.4 Å². The fourth-order valence-electron chi connectivity index (χ4n) is 4.17. The third kappa shape index (κ3) is 5.02. The van der Waals surface area contributed by atoms with Gasteiger partial charge in [0.2, 0.25) is 0 Å². The maximum Gasteiger partial charge on any atom is 0.337 e. The van der Waals surface area contributed by atoms with E-state index in [4.69, 9.17) is 27.9 Å². The van der Waals surface area contributed by atoms with E-state index in [1.807, 2.05) is 4.90 Å². The van der Waals surface area contributed by atoms with Crippen LogP contribution < -0.4 is 20.7 Å². The number of nitrogens with zero attached hydrogens (tertiary/aromatic N) is 6. The van der Waals surface area contributed by atoms with Gasteiger partial charge < -0.3 is 9.84 Å². The number of carboxylic acids is 1. The van der Waals surface area contributed by atoms with Crippen molar-refractivity contribution in [3.63, 3.8) is 0 Å². The average molecular weight is 542 g/mol. The van der Waals surface area contributed by atoms with Gasteiger partial charge in [0.1, 0.15) is 5.75 Å². The van der Waals surface area contributed by atoms with Crippen molar-refractivity contribution in [2.75, 3.05) is 25.5 Å². The summed E-state index contributed by atoms with van der Waals surface area (Å²) < 4.78 is 8.66. The number of anilines is 1. The highest BCUT2D eigenvalue weighted by atomic mass is 35.5. The number of ether oxygens (including phenoxy) is 1. The van der Waals surface area contributed by atoms with Gasteiger partial charge in [-0.3, -0.25) is 19.3 Å². The number of pyridine rings is 1. The second kappa shape index (κ2) is 10.2. The lowest BCUT2D eigenvalue weighted by Gasteiger charge is -2.21. The summed E-state index contributed by atoms with van der Waals surface area (Å²) in [6.07, 6.45) is 3.18. The molecule has 37 heavy (non-hydrogen) atoms. The Hall–Kier alpha value is -3.90. The number of methoxy groups -OCH3 is 1. The minimum atomic E-state index is -1.01. The molecule has 0 radical (unpaired) electrons. The molecule has 13 heteroatoms. The van der Waals surface area contributed by atoms with Gasteiger partial charge in [0, 0.05) is 22.2 Å². The topological polar surface area (TPSA) is 118 Å². The summed E-state index contributed by atoms with van der Waals surface area (Å²) in [6.45, 7) is 1.03. The van der Waals surface area contributed by atoms with Crippen LogP contribution in [-0.4, -0.2) is 56.0 Å². The molecule has 2 aromatic carbocycles. The molecule has 1 aliphatic rings. The number of nitrogens with one attached hydrogen (secondary N) is 1. The quantitative estimate of drug-likeness (QED) is 0.363. The zero-order valence-corrected chi connectivity index (χ0v) is 21.0. The van der Waals surface area contributed by atoms with Crippen LogP contribution in [-0.2, 0) is 6.67 Å². The first-order chi connectivity index (χ1) is 17.8. The molecule has 0 atom stereocenters. The largest absolute Gasteiger partial charge is 0.495 e. The Morgan fingerprint density at radius 2 is 1.92 bits per heavy atom. The van der Waals surface area contributed by atoms with E-state index in [9.17, 15) is 14.7 Å². The first kappa shape index (κ1) is 24.8. The zero-order chi connectivity index (χ0) is 26.1. The molecule has 5 rings (SSSR count). The lowest BCUT2D eigenvalue weighted by atomic mass is 10.0. The van der Waals surface area contributed by atoms with Crippen LogP contribution in [0.25, 0.3) is 16.8 Å². The normalized spacial score (nSPS) is 13.8. The van der Waals surface area contributed by atoms with Crippen molar-refractivity contribution in [2.45, 2.75) is 6.67 Å². The fraction of sp³-hybridized carbons (Fsp3) is 0.167. The van der Waals surface area contributed by atoms with E-state index in [1.54, 1.807) is 59.9 Å². The van der Waals surface area contributed by atoms with Crippen LogP contribution in [0.3, 0.4) is 0 Å². The Morgan fingerprint density at radius 1 is 1.11 bits per heavy atom. The van der Waals surface area contributed by atoms with Crippen molar-refractivity contribution in [3.8, 4) is 22.6 Å². The van der Waals surface area contributed by atoms with Crippen molar-refractivity contribution in [1.29, 1.82) is 0 Å². The maximum absolute atomic E-state index is 13.2. The van der Waals surface area contributed by atoms with Crippen LogP contribution in [0, 0.1) is 0 Å².